The zero-order valence-corrected chi connectivity index (χ0v) is 12.2. The molecule has 0 bridgehead atoms. The van der Waals surface area contributed by atoms with E-state index < -0.39 is 0 Å². The molecule has 0 aliphatic rings. The summed E-state index contributed by atoms with van der Waals surface area (Å²) in [4.78, 5) is 13.4. The van der Waals surface area contributed by atoms with Crippen LogP contribution < -0.4 is 5.32 Å². The van der Waals surface area contributed by atoms with Crippen molar-refractivity contribution in [2.75, 3.05) is 5.32 Å². The van der Waals surface area contributed by atoms with Gasteiger partial charge in [0, 0.05) is 30.2 Å². The number of anilines is 1. The summed E-state index contributed by atoms with van der Waals surface area (Å²) in [7, 11) is 0. The van der Waals surface area contributed by atoms with Crippen molar-refractivity contribution in [2.45, 2.75) is 26.3 Å². The highest BCUT2D eigenvalue weighted by atomic mass is 15.0. The van der Waals surface area contributed by atoms with Gasteiger partial charge in [-0.1, -0.05) is 32.0 Å². The highest BCUT2D eigenvalue weighted by Gasteiger charge is 2.09. The van der Waals surface area contributed by atoms with Crippen LogP contribution in [0.15, 0.2) is 48.8 Å². The Bertz CT molecular complexity index is 738. The Balaban J connectivity index is 1.96. The first kappa shape index (κ1) is 13.5. The molecular weight excluding hydrogens is 260 g/mol. The van der Waals surface area contributed by atoms with E-state index in [-0.39, 0.29) is 0 Å². The molecule has 0 unspecified atom stereocenters. The molecule has 3 rings (SSSR count). The van der Waals surface area contributed by atoms with E-state index in [1.165, 1.54) is 0 Å². The van der Waals surface area contributed by atoms with E-state index in [1.54, 1.807) is 6.20 Å². The minimum Gasteiger partial charge on any atom is -0.365 e. The Morgan fingerprint density at radius 2 is 1.90 bits per heavy atom. The van der Waals surface area contributed by atoms with Gasteiger partial charge in [0.15, 0.2) is 0 Å². The maximum atomic E-state index is 4.67. The molecule has 0 aliphatic carbocycles. The first-order chi connectivity index (χ1) is 10.2. The molecule has 106 valence electrons. The molecule has 0 amide bonds. The van der Waals surface area contributed by atoms with Gasteiger partial charge in [-0.3, -0.25) is 4.98 Å². The van der Waals surface area contributed by atoms with Gasteiger partial charge in [0.05, 0.1) is 5.52 Å². The highest BCUT2D eigenvalue weighted by molar-refractivity contribution is 5.89. The van der Waals surface area contributed by atoms with Crippen molar-refractivity contribution in [3.05, 3.63) is 60.2 Å². The third-order valence-corrected chi connectivity index (χ3v) is 3.32. The standard InChI is InChI=1S/C17H18N4/c1-12(2)16-20-15-8-4-3-7-14(15)17(21-16)19-11-13-6-5-9-18-10-13/h3-10,12H,11H2,1-2H3,(H,19,20,21). The minimum absolute atomic E-state index is 0.300. The van der Waals surface area contributed by atoms with Crippen LogP contribution in [0.25, 0.3) is 10.9 Å². The molecule has 0 saturated carbocycles. The van der Waals surface area contributed by atoms with Gasteiger partial charge in [-0.2, -0.15) is 0 Å². The number of pyridine rings is 1. The Morgan fingerprint density at radius 3 is 2.67 bits per heavy atom. The molecule has 0 radical (unpaired) electrons. The van der Waals surface area contributed by atoms with Crippen molar-refractivity contribution in [3.8, 4) is 0 Å². The monoisotopic (exact) mass is 278 g/mol. The van der Waals surface area contributed by atoms with Gasteiger partial charge in [0.2, 0.25) is 0 Å². The van der Waals surface area contributed by atoms with Crippen molar-refractivity contribution in [2.24, 2.45) is 0 Å². The SMILES string of the molecule is CC(C)c1nc(NCc2cccnc2)c2ccccc2n1. The van der Waals surface area contributed by atoms with E-state index in [1.807, 2.05) is 42.6 Å². The molecule has 0 spiro atoms. The fourth-order valence-electron chi connectivity index (χ4n) is 2.18. The van der Waals surface area contributed by atoms with Crippen LogP contribution in [0.5, 0.6) is 0 Å². The van der Waals surface area contributed by atoms with Crippen molar-refractivity contribution in [3.63, 3.8) is 0 Å². The Labute approximate surface area is 124 Å². The van der Waals surface area contributed by atoms with E-state index in [2.05, 4.69) is 34.1 Å². The molecule has 0 atom stereocenters. The van der Waals surface area contributed by atoms with Crippen LogP contribution in [0.3, 0.4) is 0 Å². The minimum atomic E-state index is 0.300. The molecule has 21 heavy (non-hydrogen) atoms. The summed E-state index contributed by atoms with van der Waals surface area (Å²) in [5.41, 5.74) is 2.11. The zero-order chi connectivity index (χ0) is 14.7. The average Bonchev–Trinajstić information content (AvgIpc) is 2.53. The normalized spacial score (nSPS) is 11.0. The molecule has 2 heterocycles. The summed E-state index contributed by atoms with van der Waals surface area (Å²) in [5.74, 6) is 2.05. The molecule has 1 aromatic carbocycles. The van der Waals surface area contributed by atoms with Gasteiger partial charge in [-0.15, -0.1) is 0 Å². The van der Waals surface area contributed by atoms with E-state index in [0.717, 1.165) is 28.1 Å². The largest absolute Gasteiger partial charge is 0.365 e. The van der Waals surface area contributed by atoms with E-state index >= 15 is 0 Å². The number of nitrogens with one attached hydrogen (secondary N) is 1. The third kappa shape index (κ3) is 2.99. The summed E-state index contributed by atoms with van der Waals surface area (Å²) in [6, 6.07) is 12.1. The molecule has 0 aliphatic heterocycles. The van der Waals surface area contributed by atoms with Crippen LogP contribution in [0.4, 0.5) is 5.82 Å². The Hall–Kier alpha value is -2.49. The van der Waals surface area contributed by atoms with Gasteiger partial charge in [0.1, 0.15) is 11.6 Å². The summed E-state index contributed by atoms with van der Waals surface area (Å²) in [5, 5.41) is 4.46. The van der Waals surface area contributed by atoms with Crippen LogP contribution in [0.2, 0.25) is 0 Å². The molecule has 0 fully saturated rings. The summed E-state index contributed by atoms with van der Waals surface area (Å²) >= 11 is 0. The van der Waals surface area contributed by atoms with E-state index in [4.69, 9.17) is 0 Å². The predicted molar refractivity (Wildman–Crippen MR) is 85.2 cm³/mol. The van der Waals surface area contributed by atoms with Crippen molar-refractivity contribution in [1.29, 1.82) is 0 Å². The van der Waals surface area contributed by atoms with Crippen molar-refractivity contribution >= 4 is 16.7 Å². The number of hydrogen-bond acceptors (Lipinski definition) is 4. The van der Waals surface area contributed by atoms with Crippen molar-refractivity contribution < 1.29 is 0 Å². The van der Waals surface area contributed by atoms with Crippen LogP contribution in [0.1, 0.15) is 31.2 Å². The van der Waals surface area contributed by atoms with E-state index in [9.17, 15) is 0 Å². The smallest absolute Gasteiger partial charge is 0.137 e. The topological polar surface area (TPSA) is 50.7 Å². The molecule has 2 aromatic heterocycles. The Kier molecular flexibility index (Phi) is 3.77. The third-order valence-electron chi connectivity index (χ3n) is 3.32. The lowest BCUT2D eigenvalue weighted by molar-refractivity contribution is 0.783. The van der Waals surface area contributed by atoms with Gasteiger partial charge in [0.25, 0.3) is 0 Å². The quantitative estimate of drug-likeness (QED) is 0.789. The fourth-order valence-corrected chi connectivity index (χ4v) is 2.18. The number of para-hydroxylation sites is 1. The zero-order valence-electron chi connectivity index (χ0n) is 12.2. The van der Waals surface area contributed by atoms with Gasteiger partial charge in [-0.25, -0.2) is 9.97 Å². The van der Waals surface area contributed by atoms with Gasteiger partial charge >= 0.3 is 0 Å². The molecule has 4 nitrogen and oxygen atoms in total. The van der Waals surface area contributed by atoms with Crippen LogP contribution in [-0.4, -0.2) is 15.0 Å². The van der Waals surface area contributed by atoms with Crippen LogP contribution in [-0.2, 0) is 6.54 Å². The maximum Gasteiger partial charge on any atom is 0.137 e. The Morgan fingerprint density at radius 1 is 1.05 bits per heavy atom. The molecular formula is C17H18N4. The van der Waals surface area contributed by atoms with Crippen LogP contribution in [0, 0.1) is 0 Å². The lowest BCUT2D eigenvalue weighted by Gasteiger charge is -2.12. The predicted octanol–water partition coefficient (Wildman–Crippen LogP) is 3.76. The fraction of sp³-hybridized carbons (Fsp3) is 0.235. The first-order valence-electron chi connectivity index (χ1n) is 7.13. The second-order valence-corrected chi connectivity index (χ2v) is 5.32. The number of hydrogen-bond donors (Lipinski definition) is 1. The highest BCUT2D eigenvalue weighted by Crippen LogP contribution is 2.23. The molecule has 3 aromatic rings. The number of nitrogens with zero attached hydrogens (tertiary/aromatic N) is 3. The molecule has 1 N–H and O–H groups in total. The number of fused-ring (bicyclic) bond motifs is 1. The lowest BCUT2D eigenvalue weighted by Crippen LogP contribution is -2.06. The summed E-state index contributed by atoms with van der Waals surface area (Å²) < 4.78 is 0. The van der Waals surface area contributed by atoms with Gasteiger partial charge < -0.3 is 5.32 Å². The summed E-state index contributed by atoms with van der Waals surface area (Å²) in [6.07, 6.45) is 3.64. The second kappa shape index (κ2) is 5.87. The molecule has 0 saturated heterocycles. The van der Waals surface area contributed by atoms with E-state index in [0.29, 0.717) is 12.5 Å². The number of rotatable bonds is 4. The maximum absolute atomic E-state index is 4.67. The number of aromatic nitrogens is 3. The second-order valence-electron chi connectivity index (χ2n) is 5.32. The average molecular weight is 278 g/mol. The number of benzene rings is 1. The van der Waals surface area contributed by atoms with Crippen LogP contribution >= 0.6 is 0 Å². The first-order valence-corrected chi connectivity index (χ1v) is 7.13. The van der Waals surface area contributed by atoms with Crippen molar-refractivity contribution in [1.82, 2.24) is 15.0 Å². The molecule has 4 heteroatoms. The van der Waals surface area contributed by atoms with Gasteiger partial charge in [-0.05, 0) is 23.8 Å². The summed E-state index contributed by atoms with van der Waals surface area (Å²) in [6.45, 7) is 4.91. The lowest BCUT2D eigenvalue weighted by atomic mass is 10.1.